The molecule has 4 heteroatoms. The van der Waals surface area contributed by atoms with Crippen molar-refractivity contribution in [3.63, 3.8) is 0 Å². The first-order valence-corrected chi connectivity index (χ1v) is 6.08. The van der Waals surface area contributed by atoms with Crippen molar-refractivity contribution in [2.24, 2.45) is 0 Å². The summed E-state index contributed by atoms with van der Waals surface area (Å²) in [6, 6.07) is 0. The summed E-state index contributed by atoms with van der Waals surface area (Å²) in [5.41, 5.74) is 0.673. The number of allylic oxidation sites excluding steroid dienone is 2. The van der Waals surface area contributed by atoms with Crippen LogP contribution in [0.4, 0.5) is 0 Å². The van der Waals surface area contributed by atoms with Crippen LogP contribution in [0.1, 0.15) is 20.3 Å². The van der Waals surface area contributed by atoms with Gasteiger partial charge in [0.1, 0.15) is 0 Å². The predicted octanol–water partition coefficient (Wildman–Crippen LogP) is 1.12. The Balaban J connectivity index is 2.68. The van der Waals surface area contributed by atoms with Gasteiger partial charge in [-0.1, -0.05) is 25.2 Å². The van der Waals surface area contributed by atoms with Gasteiger partial charge in [0, 0.05) is 13.1 Å². The number of amides is 1. The zero-order valence-electron chi connectivity index (χ0n) is 10.6. The number of carbonyl (C=O) groups is 1. The molecule has 0 aliphatic carbocycles. The minimum atomic E-state index is -1.05. The van der Waals surface area contributed by atoms with Crippen molar-refractivity contribution in [2.75, 3.05) is 26.3 Å². The molecule has 1 aliphatic rings. The largest absolute Gasteiger partial charge is 0.378 e. The Morgan fingerprint density at radius 1 is 1.47 bits per heavy atom. The van der Waals surface area contributed by atoms with Crippen LogP contribution >= 0.6 is 0 Å². The van der Waals surface area contributed by atoms with E-state index >= 15 is 0 Å². The van der Waals surface area contributed by atoms with Gasteiger partial charge in [0.05, 0.1) is 13.2 Å². The fourth-order valence-corrected chi connectivity index (χ4v) is 1.80. The van der Waals surface area contributed by atoms with Gasteiger partial charge >= 0.3 is 0 Å². The second-order valence-corrected chi connectivity index (χ2v) is 3.95. The van der Waals surface area contributed by atoms with E-state index in [1.165, 1.54) is 0 Å². The molecule has 0 aromatic heterocycles. The molecular formula is C13H21NO3. The van der Waals surface area contributed by atoms with Crippen LogP contribution in [0, 0.1) is 0 Å². The van der Waals surface area contributed by atoms with E-state index in [2.05, 4.69) is 0 Å². The molecule has 1 fully saturated rings. The Bertz CT molecular complexity index is 304. The number of rotatable bonds is 4. The number of ether oxygens (including phenoxy) is 1. The van der Waals surface area contributed by atoms with Crippen LogP contribution in [-0.2, 0) is 9.53 Å². The molecule has 17 heavy (non-hydrogen) atoms. The van der Waals surface area contributed by atoms with E-state index in [0.29, 0.717) is 31.9 Å². The van der Waals surface area contributed by atoms with Crippen molar-refractivity contribution in [2.45, 2.75) is 26.4 Å². The van der Waals surface area contributed by atoms with Crippen molar-refractivity contribution in [1.82, 2.24) is 4.90 Å². The summed E-state index contributed by atoms with van der Waals surface area (Å²) in [6.07, 6.45) is 5.24. The van der Waals surface area contributed by atoms with Crippen LogP contribution in [0.5, 0.6) is 0 Å². The predicted molar refractivity (Wildman–Crippen MR) is 66.6 cm³/mol. The Labute approximate surface area is 103 Å². The second kappa shape index (κ2) is 7.25. The number of hydrogen-bond acceptors (Lipinski definition) is 3. The molecule has 4 nitrogen and oxygen atoms in total. The second-order valence-electron chi connectivity index (χ2n) is 3.95. The van der Waals surface area contributed by atoms with Gasteiger partial charge in [0.15, 0.2) is 6.10 Å². The molecule has 0 bridgehead atoms. The van der Waals surface area contributed by atoms with Crippen LogP contribution in [-0.4, -0.2) is 48.3 Å². The first kappa shape index (κ1) is 13.9. The molecule has 96 valence electrons. The molecule has 1 heterocycles. The van der Waals surface area contributed by atoms with Crippen LogP contribution in [0.25, 0.3) is 0 Å². The lowest BCUT2D eigenvalue weighted by molar-refractivity contribution is -0.142. The molecule has 0 aromatic rings. The van der Waals surface area contributed by atoms with Crippen molar-refractivity contribution in [3.05, 3.63) is 23.8 Å². The Morgan fingerprint density at radius 3 is 2.65 bits per heavy atom. The van der Waals surface area contributed by atoms with E-state index in [1.54, 1.807) is 11.0 Å². The molecule has 1 atom stereocenters. The monoisotopic (exact) mass is 239 g/mol. The average molecular weight is 239 g/mol. The van der Waals surface area contributed by atoms with Gasteiger partial charge in [-0.05, 0) is 18.9 Å². The van der Waals surface area contributed by atoms with Crippen LogP contribution in [0.15, 0.2) is 23.8 Å². The summed E-state index contributed by atoms with van der Waals surface area (Å²) >= 11 is 0. The maximum Gasteiger partial charge on any atom is 0.256 e. The van der Waals surface area contributed by atoms with Gasteiger partial charge in [-0.15, -0.1) is 0 Å². The van der Waals surface area contributed by atoms with Gasteiger partial charge in [-0.2, -0.15) is 0 Å². The first-order valence-electron chi connectivity index (χ1n) is 6.08. The smallest absolute Gasteiger partial charge is 0.256 e. The third-order valence-electron chi connectivity index (χ3n) is 2.67. The summed E-state index contributed by atoms with van der Waals surface area (Å²) in [6.45, 7) is 6.07. The van der Waals surface area contributed by atoms with Crippen molar-refractivity contribution in [1.29, 1.82) is 0 Å². The van der Waals surface area contributed by atoms with E-state index in [9.17, 15) is 9.90 Å². The van der Waals surface area contributed by atoms with Gasteiger partial charge in [0.2, 0.25) is 0 Å². The molecule has 1 N–H and O–H groups in total. The van der Waals surface area contributed by atoms with Crippen LogP contribution < -0.4 is 0 Å². The third kappa shape index (κ3) is 3.98. The minimum absolute atomic E-state index is 0.230. The standard InChI is InChI=1S/C13H21NO3/c1-3-5-11(6-4-2)12(15)13(16)14-7-9-17-10-8-14/h3,5-6,12,15H,4,7-10H2,1-2H3/b5-3-,11-6+. The fraction of sp³-hybridized carbons (Fsp3) is 0.615. The summed E-state index contributed by atoms with van der Waals surface area (Å²) in [4.78, 5) is 13.7. The van der Waals surface area contributed by atoms with E-state index in [-0.39, 0.29) is 5.91 Å². The zero-order valence-corrected chi connectivity index (χ0v) is 10.6. The number of morpholine rings is 1. The Morgan fingerprint density at radius 2 is 2.12 bits per heavy atom. The normalized spacial score (nSPS) is 19.7. The average Bonchev–Trinajstić information content (AvgIpc) is 2.38. The number of carbonyl (C=O) groups excluding carboxylic acids is 1. The third-order valence-corrected chi connectivity index (χ3v) is 2.67. The van der Waals surface area contributed by atoms with Crippen molar-refractivity contribution in [3.8, 4) is 0 Å². The highest BCUT2D eigenvalue weighted by Crippen LogP contribution is 2.11. The van der Waals surface area contributed by atoms with Gasteiger partial charge in [0.25, 0.3) is 5.91 Å². The van der Waals surface area contributed by atoms with Crippen molar-refractivity contribution >= 4 is 5.91 Å². The molecule has 0 spiro atoms. The Kier molecular flexibility index (Phi) is 5.94. The van der Waals surface area contributed by atoms with E-state index < -0.39 is 6.10 Å². The van der Waals surface area contributed by atoms with Crippen LogP contribution in [0.2, 0.25) is 0 Å². The van der Waals surface area contributed by atoms with Crippen LogP contribution in [0.3, 0.4) is 0 Å². The van der Waals surface area contributed by atoms with E-state index in [1.807, 2.05) is 26.0 Å². The zero-order chi connectivity index (χ0) is 12.7. The SMILES string of the molecule is C/C=C\C(=C/CC)C(O)C(=O)N1CCOCC1. The molecular weight excluding hydrogens is 218 g/mol. The van der Waals surface area contributed by atoms with Gasteiger partial charge in [-0.3, -0.25) is 4.79 Å². The molecule has 1 aliphatic heterocycles. The van der Waals surface area contributed by atoms with E-state index in [0.717, 1.165) is 6.42 Å². The summed E-state index contributed by atoms with van der Waals surface area (Å²) in [7, 11) is 0. The summed E-state index contributed by atoms with van der Waals surface area (Å²) in [5, 5.41) is 10.0. The fourth-order valence-electron chi connectivity index (χ4n) is 1.80. The molecule has 0 radical (unpaired) electrons. The molecule has 0 aromatic carbocycles. The lowest BCUT2D eigenvalue weighted by Crippen LogP contribution is -2.46. The Hall–Kier alpha value is -1.13. The van der Waals surface area contributed by atoms with Crippen molar-refractivity contribution < 1.29 is 14.6 Å². The number of aliphatic hydroxyl groups excluding tert-OH is 1. The topological polar surface area (TPSA) is 49.8 Å². The lowest BCUT2D eigenvalue weighted by Gasteiger charge is -2.29. The number of nitrogens with zero attached hydrogens (tertiary/aromatic N) is 1. The summed E-state index contributed by atoms with van der Waals surface area (Å²) in [5.74, 6) is -0.230. The maximum atomic E-state index is 12.0. The highest BCUT2D eigenvalue weighted by atomic mass is 16.5. The maximum absolute atomic E-state index is 12.0. The lowest BCUT2D eigenvalue weighted by atomic mass is 10.1. The minimum Gasteiger partial charge on any atom is -0.378 e. The molecule has 1 amide bonds. The number of hydrogen-bond donors (Lipinski definition) is 1. The summed E-state index contributed by atoms with van der Waals surface area (Å²) < 4.78 is 5.18. The quantitative estimate of drug-likeness (QED) is 0.748. The number of aliphatic hydroxyl groups is 1. The van der Waals surface area contributed by atoms with E-state index in [4.69, 9.17) is 4.74 Å². The highest BCUT2D eigenvalue weighted by molar-refractivity contribution is 5.84. The first-order chi connectivity index (χ1) is 8.20. The molecule has 1 saturated heterocycles. The molecule has 0 saturated carbocycles. The molecule has 1 rings (SSSR count). The highest BCUT2D eigenvalue weighted by Gasteiger charge is 2.25. The van der Waals surface area contributed by atoms with Gasteiger partial charge in [-0.25, -0.2) is 0 Å². The molecule has 1 unspecified atom stereocenters. The van der Waals surface area contributed by atoms with Gasteiger partial charge < -0.3 is 14.7 Å².